The van der Waals surface area contributed by atoms with E-state index in [4.69, 9.17) is 9.15 Å². The lowest BCUT2D eigenvalue weighted by Crippen LogP contribution is -2.30. The molecule has 2 aromatic heterocycles. The number of fused-ring (bicyclic) bond motifs is 1. The van der Waals surface area contributed by atoms with Crippen molar-refractivity contribution in [2.45, 2.75) is 23.1 Å². The summed E-state index contributed by atoms with van der Waals surface area (Å²) in [5.41, 5.74) is 2.02. The van der Waals surface area contributed by atoms with E-state index in [-0.39, 0.29) is 29.0 Å². The molecule has 0 radical (unpaired) electrons. The number of phenols is 1. The SMILES string of the molecule is CCOc1cc(C2C(C(=O)c3cc4ccccc4o3)C(=O)C(=O)N2c2nnc(SCc3ccccc3)s2)ccc1O. The highest BCUT2D eigenvalue weighted by molar-refractivity contribution is 8.00. The van der Waals surface area contributed by atoms with E-state index in [9.17, 15) is 19.5 Å². The first-order valence-electron chi connectivity index (χ1n) is 12.8. The first-order valence-corrected chi connectivity index (χ1v) is 14.6. The minimum atomic E-state index is -1.41. The lowest BCUT2D eigenvalue weighted by molar-refractivity contribution is -0.135. The zero-order valence-electron chi connectivity index (χ0n) is 21.7. The molecule has 3 heterocycles. The number of nitrogens with zero attached hydrogens (tertiary/aromatic N) is 3. The number of thioether (sulfide) groups is 1. The number of carbonyl (C=O) groups is 3. The molecule has 1 amide bonds. The van der Waals surface area contributed by atoms with Gasteiger partial charge in [0, 0.05) is 11.1 Å². The van der Waals surface area contributed by atoms with E-state index in [1.807, 2.05) is 36.4 Å². The Labute approximate surface area is 242 Å². The molecule has 3 aromatic carbocycles. The monoisotopic (exact) mass is 585 g/mol. The standard InChI is InChI=1S/C30H23N3O6S2/c1-2-38-22-15-19(12-13-20(22)34)25-24(26(35)23-14-18-10-6-7-11-21(18)39-23)27(36)28(37)33(25)29-31-32-30(41-29)40-16-17-8-4-3-5-9-17/h3-15,24-25,34H,2,16H2,1H3. The maximum Gasteiger partial charge on any atom is 0.297 e. The maximum absolute atomic E-state index is 13.9. The topological polar surface area (TPSA) is 123 Å². The van der Waals surface area contributed by atoms with Gasteiger partial charge >= 0.3 is 0 Å². The van der Waals surface area contributed by atoms with Gasteiger partial charge in [-0.1, -0.05) is 77.7 Å². The predicted octanol–water partition coefficient (Wildman–Crippen LogP) is 5.84. The van der Waals surface area contributed by atoms with E-state index < -0.39 is 29.4 Å². The highest BCUT2D eigenvalue weighted by Crippen LogP contribution is 2.45. The van der Waals surface area contributed by atoms with Gasteiger partial charge in [-0.15, -0.1) is 10.2 Å². The molecule has 11 heteroatoms. The number of carbonyl (C=O) groups excluding carboxylic acids is 3. The van der Waals surface area contributed by atoms with Crippen molar-refractivity contribution in [3.63, 3.8) is 0 Å². The van der Waals surface area contributed by atoms with E-state index in [1.165, 1.54) is 28.8 Å². The summed E-state index contributed by atoms with van der Waals surface area (Å²) in [4.78, 5) is 42.1. The molecule has 0 spiro atoms. The van der Waals surface area contributed by atoms with Crippen LogP contribution in [0.25, 0.3) is 11.0 Å². The maximum atomic E-state index is 13.9. The van der Waals surface area contributed by atoms with Crippen LogP contribution in [-0.2, 0) is 15.3 Å². The molecule has 0 bridgehead atoms. The van der Waals surface area contributed by atoms with E-state index in [0.717, 1.165) is 16.9 Å². The van der Waals surface area contributed by atoms with Crippen LogP contribution in [0.1, 0.15) is 34.6 Å². The zero-order valence-corrected chi connectivity index (χ0v) is 23.4. The Morgan fingerprint density at radius 3 is 2.61 bits per heavy atom. The summed E-state index contributed by atoms with van der Waals surface area (Å²) in [5, 5.41) is 19.7. The molecule has 1 aliphatic heterocycles. The number of amides is 1. The Balaban J connectivity index is 1.39. The molecule has 1 aliphatic rings. The normalized spacial score (nSPS) is 17.0. The molecule has 1 saturated heterocycles. The molecule has 41 heavy (non-hydrogen) atoms. The number of hydrogen-bond acceptors (Lipinski definition) is 10. The summed E-state index contributed by atoms with van der Waals surface area (Å²) in [6.07, 6.45) is 0. The minimum Gasteiger partial charge on any atom is -0.504 e. The molecule has 2 unspecified atom stereocenters. The van der Waals surface area contributed by atoms with Crippen molar-refractivity contribution in [3.05, 3.63) is 95.7 Å². The molecule has 6 rings (SSSR count). The zero-order chi connectivity index (χ0) is 28.5. The van der Waals surface area contributed by atoms with Gasteiger partial charge in [-0.25, -0.2) is 0 Å². The van der Waals surface area contributed by atoms with Gasteiger partial charge in [0.15, 0.2) is 21.6 Å². The highest BCUT2D eigenvalue weighted by atomic mass is 32.2. The number of rotatable bonds is 9. The number of aromatic nitrogens is 2. The molecule has 0 saturated carbocycles. The number of ether oxygens (including phenoxy) is 1. The van der Waals surface area contributed by atoms with Crippen LogP contribution in [0.4, 0.5) is 5.13 Å². The van der Waals surface area contributed by atoms with Gasteiger partial charge < -0.3 is 14.3 Å². The number of aromatic hydroxyl groups is 1. The Morgan fingerprint density at radius 2 is 1.83 bits per heavy atom. The number of benzene rings is 3. The lowest BCUT2D eigenvalue weighted by Gasteiger charge is -2.25. The Morgan fingerprint density at radius 1 is 1.05 bits per heavy atom. The summed E-state index contributed by atoms with van der Waals surface area (Å²) in [6, 6.07) is 22.0. The molecular weight excluding hydrogens is 562 g/mol. The first-order chi connectivity index (χ1) is 19.9. The van der Waals surface area contributed by atoms with Gasteiger partial charge in [-0.2, -0.15) is 0 Å². The summed E-state index contributed by atoms with van der Waals surface area (Å²) in [7, 11) is 0. The van der Waals surface area contributed by atoms with Crippen LogP contribution in [0.3, 0.4) is 0 Å². The van der Waals surface area contributed by atoms with Crippen LogP contribution < -0.4 is 9.64 Å². The molecule has 9 nitrogen and oxygen atoms in total. The number of para-hydroxylation sites is 1. The van der Waals surface area contributed by atoms with E-state index >= 15 is 0 Å². The van der Waals surface area contributed by atoms with Gasteiger partial charge in [0.05, 0.1) is 12.6 Å². The summed E-state index contributed by atoms with van der Waals surface area (Å²) < 4.78 is 12.0. The molecular formula is C30H23N3O6S2. The van der Waals surface area contributed by atoms with E-state index in [2.05, 4.69) is 10.2 Å². The fourth-order valence-corrected chi connectivity index (χ4v) is 6.63. The van der Waals surface area contributed by atoms with Gasteiger partial charge in [0.25, 0.3) is 5.91 Å². The average Bonchev–Trinajstić information content (AvgIpc) is 3.70. The van der Waals surface area contributed by atoms with Crippen molar-refractivity contribution < 1.29 is 28.6 Å². The lowest BCUT2D eigenvalue weighted by atomic mass is 9.88. The number of phenolic OH excluding ortho intramolecular Hbond substituents is 1. The summed E-state index contributed by atoms with van der Waals surface area (Å²) in [5.74, 6) is -3.09. The Bertz CT molecular complexity index is 1730. The molecule has 5 aromatic rings. The van der Waals surface area contributed by atoms with Crippen LogP contribution >= 0.6 is 23.1 Å². The number of Topliss-reactive ketones (excluding diaryl/α,β-unsaturated/α-hetero) is 2. The van der Waals surface area contributed by atoms with Crippen LogP contribution in [0.15, 0.2) is 87.6 Å². The van der Waals surface area contributed by atoms with Gasteiger partial charge in [-0.05, 0) is 42.3 Å². The van der Waals surface area contributed by atoms with Crippen molar-refractivity contribution >= 4 is 56.7 Å². The Kier molecular flexibility index (Phi) is 7.29. The number of anilines is 1. The van der Waals surface area contributed by atoms with Crippen molar-refractivity contribution in [1.82, 2.24) is 10.2 Å². The van der Waals surface area contributed by atoms with Crippen LogP contribution in [0.5, 0.6) is 11.5 Å². The number of ketones is 2. The third-order valence-corrected chi connectivity index (χ3v) is 8.82. The second kappa shape index (κ2) is 11.2. The van der Waals surface area contributed by atoms with Crippen LogP contribution in [0, 0.1) is 5.92 Å². The highest BCUT2D eigenvalue weighted by Gasteiger charge is 2.54. The third-order valence-electron chi connectivity index (χ3n) is 6.69. The van der Waals surface area contributed by atoms with Gasteiger partial charge in [0.2, 0.25) is 16.7 Å². The van der Waals surface area contributed by atoms with Gasteiger partial charge in [-0.3, -0.25) is 19.3 Å². The second-order valence-electron chi connectivity index (χ2n) is 9.26. The number of furan rings is 1. The molecule has 1 fully saturated rings. The summed E-state index contributed by atoms with van der Waals surface area (Å²) >= 11 is 2.62. The molecule has 206 valence electrons. The fraction of sp³-hybridized carbons (Fsp3) is 0.167. The van der Waals surface area contributed by atoms with Crippen LogP contribution in [0.2, 0.25) is 0 Å². The third kappa shape index (κ3) is 5.09. The van der Waals surface area contributed by atoms with Gasteiger partial charge in [0.1, 0.15) is 11.5 Å². The molecule has 0 aliphatic carbocycles. The van der Waals surface area contributed by atoms with Crippen molar-refractivity contribution in [2.75, 3.05) is 11.5 Å². The van der Waals surface area contributed by atoms with E-state index in [1.54, 1.807) is 37.3 Å². The Hall–Kier alpha value is -4.48. The average molecular weight is 586 g/mol. The quantitative estimate of drug-likeness (QED) is 0.0747. The smallest absolute Gasteiger partial charge is 0.297 e. The van der Waals surface area contributed by atoms with Crippen molar-refractivity contribution in [3.8, 4) is 11.5 Å². The van der Waals surface area contributed by atoms with E-state index in [0.29, 0.717) is 26.6 Å². The van der Waals surface area contributed by atoms with Crippen molar-refractivity contribution in [2.24, 2.45) is 5.92 Å². The largest absolute Gasteiger partial charge is 0.504 e. The predicted molar refractivity (Wildman–Crippen MR) is 154 cm³/mol. The minimum absolute atomic E-state index is 0.0237. The first kappa shape index (κ1) is 26.7. The number of hydrogen-bond donors (Lipinski definition) is 1. The van der Waals surface area contributed by atoms with Crippen molar-refractivity contribution in [1.29, 1.82) is 0 Å². The summed E-state index contributed by atoms with van der Waals surface area (Å²) in [6.45, 7) is 2.05. The molecule has 1 N–H and O–H groups in total. The molecule has 2 atom stereocenters. The van der Waals surface area contributed by atoms with Crippen LogP contribution in [-0.4, -0.2) is 39.4 Å². The fourth-order valence-electron chi connectivity index (χ4n) is 4.80. The second-order valence-corrected chi connectivity index (χ2v) is 11.4.